The number of fused-ring (bicyclic) bond motifs is 1. The zero-order valence-corrected chi connectivity index (χ0v) is 19.0. The van der Waals surface area contributed by atoms with E-state index < -0.39 is 12.3 Å². The van der Waals surface area contributed by atoms with Crippen molar-refractivity contribution in [3.8, 4) is 5.88 Å². The van der Waals surface area contributed by atoms with E-state index >= 15 is 0 Å². The van der Waals surface area contributed by atoms with Gasteiger partial charge in [-0.25, -0.2) is 15.0 Å². The fourth-order valence-corrected chi connectivity index (χ4v) is 4.85. The van der Waals surface area contributed by atoms with E-state index in [0.717, 1.165) is 5.56 Å². The van der Waals surface area contributed by atoms with Gasteiger partial charge in [0.15, 0.2) is 6.10 Å². The molecule has 0 bridgehead atoms. The predicted octanol–water partition coefficient (Wildman–Crippen LogP) is 3.44. The van der Waals surface area contributed by atoms with Crippen LogP contribution in [0.4, 0.5) is 19.0 Å². The average Bonchev–Trinajstić information content (AvgIpc) is 3.14. The van der Waals surface area contributed by atoms with Gasteiger partial charge >= 0.3 is 6.18 Å². The van der Waals surface area contributed by atoms with E-state index in [2.05, 4.69) is 15.0 Å². The summed E-state index contributed by atoms with van der Waals surface area (Å²) in [6.07, 6.45) is -3.43. The molecule has 0 aromatic carbocycles. The Morgan fingerprint density at radius 3 is 2.88 bits per heavy atom. The lowest BCUT2D eigenvalue weighted by Crippen LogP contribution is -2.49. The van der Waals surface area contributed by atoms with Crippen molar-refractivity contribution in [2.24, 2.45) is 0 Å². The number of pyridine rings is 1. The summed E-state index contributed by atoms with van der Waals surface area (Å²) in [5, 5.41) is 0.590. The minimum atomic E-state index is -4.46. The number of aryl methyl sites for hydroxylation is 1. The van der Waals surface area contributed by atoms with Gasteiger partial charge in [-0.15, -0.1) is 11.3 Å². The minimum Gasteiger partial charge on any atom is -0.481 e. The molecule has 3 aromatic heterocycles. The number of carbonyl (C=O) groups is 1. The lowest BCUT2D eigenvalue weighted by molar-refractivity contribution is -0.221. The molecule has 0 radical (unpaired) electrons. The van der Waals surface area contributed by atoms with E-state index in [1.165, 1.54) is 24.8 Å². The van der Waals surface area contributed by atoms with E-state index in [-0.39, 0.29) is 25.6 Å². The van der Waals surface area contributed by atoms with Crippen LogP contribution in [0.25, 0.3) is 10.2 Å². The molecule has 176 valence electrons. The number of alkyl halides is 3. The van der Waals surface area contributed by atoms with E-state index in [1.807, 2.05) is 0 Å². The smallest absolute Gasteiger partial charge is 0.416 e. The fourth-order valence-electron chi connectivity index (χ4n) is 3.72. The molecular weight excluding hydrogens is 459 g/mol. The molecule has 1 aliphatic rings. The molecule has 1 saturated heterocycles. The number of methoxy groups -OCH3 is 1. The third kappa shape index (κ3) is 4.71. The van der Waals surface area contributed by atoms with Gasteiger partial charge in [0.05, 0.1) is 30.5 Å². The molecule has 8 nitrogen and oxygen atoms in total. The Balaban J connectivity index is 1.62. The van der Waals surface area contributed by atoms with E-state index in [1.54, 1.807) is 42.1 Å². The summed E-state index contributed by atoms with van der Waals surface area (Å²) in [5.41, 5.74) is 1.49. The van der Waals surface area contributed by atoms with Gasteiger partial charge in [0.25, 0.3) is 5.91 Å². The Kier molecular flexibility index (Phi) is 6.39. The third-order valence-corrected chi connectivity index (χ3v) is 6.59. The first-order chi connectivity index (χ1) is 15.7. The summed E-state index contributed by atoms with van der Waals surface area (Å²) >= 11 is 1.20. The maximum absolute atomic E-state index is 13.2. The number of hydrogen-bond acceptors (Lipinski definition) is 8. The molecule has 0 N–H and O–H groups in total. The largest absolute Gasteiger partial charge is 0.481 e. The normalized spacial score (nSPS) is 16.8. The van der Waals surface area contributed by atoms with Crippen LogP contribution in [-0.2, 0) is 11.3 Å². The lowest BCUT2D eigenvalue weighted by Gasteiger charge is -2.34. The molecule has 3 aromatic rings. The number of carbonyl (C=O) groups excluding carboxylic acids is 1. The Bertz CT molecular complexity index is 1170. The predicted molar refractivity (Wildman–Crippen MR) is 117 cm³/mol. The molecule has 1 amide bonds. The topological polar surface area (TPSA) is 80.7 Å². The van der Waals surface area contributed by atoms with Crippen molar-refractivity contribution < 1.29 is 27.4 Å². The molecule has 12 heteroatoms. The number of thiophene rings is 1. The minimum absolute atomic E-state index is 0.0667. The maximum atomic E-state index is 13.2. The summed E-state index contributed by atoms with van der Waals surface area (Å²) < 4.78 is 49.6. The molecule has 4 rings (SSSR count). The van der Waals surface area contributed by atoms with Crippen LogP contribution >= 0.6 is 11.3 Å². The highest BCUT2D eigenvalue weighted by Gasteiger charge is 2.44. The molecule has 33 heavy (non-hydrogen) atoms. The van der Waals surface area contributed by atoms with E-state index in [4.69, 9.17) is 9.47 Å². The summed E-state index contributed by atoms with van der Waals surface area (Å²) in [7, 11) is 3.20. The van der Waals surface area contributed by atoms with Crippen LogP contribution in [-0.4, -0.2) is 71.9 Å². The van der Waals surface area contributed by atoms with Crippen LogP contribution < -0.4 is 9.64 Å². The first-order valence-corrected chi connectivity index (χ1v) is 10.9. The number of nitrogens with zero attached hydrogens (tertiary/aromatic N) is 5. The van der Waals surface area contributed by atoms with Crippen LogP contribution in [0, 0.1) is 6.92 Å². The Morgan fingerprint density at radius 1 is 1.36 bits per heavy atom. The molecule has 4 heterocycles. The zero-order chi connectivity index (χ0) is 23.8. The van der Waals surface area contributed by atoms with Crippen LogP contribution in [0.1, 0.15) is 20.8 Å². The standard InChI is InChI=1S/C21H22F3N5O3S/c1-12-16-18(29-6-7-32-14(10-29)21(22,23)24)26-11-27-19(16)33-17(12)20(30)28(2)9-13-4-5-25-15(8-13)31-3/h4-5,8,11,14H,6-7,9-10H2,1-3H3. The molecule has 0 aliphatic carbocycles. The number of rotatable bonds is 5. The van der Waals surface area contributed by atoms with Gasteiger partial charge in [0, 0.05) is 32.4 Å². The third-order valence-electron chi connectivity index (χ3n) is 5.41. The number of halogens is 3. The molecule has 0 spiro atoms. The van der Waals surface area contributed by atoms with Gasteiger partial charge in [-0.2, -0.15) is 13.2 Å². The number of amides is 1. The van der Waals surface area contributed by atoms with Gasteiger partial charge < -0.3 is 19.3 Å². The van der Waals surface area contributed by atoms with Crippen molar-refractivity contribution in [2.45, 2.75) is 25.7 Å². The van der Waals surface area contributed by atoms with Gasteiger partial charge in [-0.1, -0.05) is 0 Å². The highest BCUT2D eigenvalue weighted by Crippen LogP contribution is 2.37. The zero-order valence-electron chi connectivity index (χ0n) is 18.2. The highest BCUT2D eigenvalue weighted by molar-refractivity contribution is 7.20. The molecule has 1 atom stereocenters. The number of ether oxygens (including phenoxy) is 2. The first-order valence-electron chi connectivity index (χ1n) is 10.1. The number of anilines is 1. The Labute approximate surface area is 192 Å². The summed E-state index contributed by atoms with van der Waals surface area (Å²) in [4.78, 5) is 29.9. The van der Waals surface area contributed by atoms with Crippen molar-refractivity contribution in [3.05, 3.63) is 40.7 Å². The molecule has 1 fully saturated rings. The summed E-state index contributed by atoms with van der Waals surface area (Å²) in [6.45, 7) is 1.94. The number of morpholine rings is 1. The summed E-state index contributed by atoms with van der Waals surface area (Å²) in [6, 6.07) is 3.55. The number of hydrogen-bond donors (Lipinski definition) is 0. The molecule has 1 aliphatic heterocycles. The van der Waals surface area contributed by atoms with Gasteiger partial charge in [0.2, 0.25) is 5.88 Å². The van der Waals surface area contributed by atoms with Crippen LogP contribution in [0.3, 0.4) is 0 Å². The maximum Gasteiger partial charge on any atom is 0.416 e. The van der Waals surface area contributed by atoms with Crippen molar-refractivity contribution in [2.75, 3.05) is 38.8 Å². The van der Waals surface area contributed by atoms with Crippen molar-refractivity contribution >= 4 is 33.3 Å². The second-order valence-corrected chi connectivity index (χ2v) is 8.65. The Hall–Kier alpha value is -2.99. The van der Waals surface area contributed by atoms with Gasteiger partial charge in [-0.3, -0.25) is 4.79 Å². The summed E-state index contributed by atoms with van der Waals surface area (Å²) in [5.74, 6) is 0.619. The number of aromatic nitrogens is 3. The van der Waals surface area contributed by atoms with E-state index in [9.17, 15) is 18.0 Å². The molecule has 0 saturated carbocycles. The first kappa shape index (κ1) is 23.2. The van der Waals surface area contributed by atoms with Crippen LogP contribution in [0.2, 0.25) is 0 Å². The second kappa shape index (κ2) is 9.10. The lowest BCUT2D eigenvalue weighted by atomic mass is 10.1. The molecule has 1 unspecified atom stereocenters. The van der Waals surface area contributed by atoms with Crippen LogP contribution in [0.15, 0.2) is 24.7 Å². The van der Waals surface area contributed by atoms with Gasteiger partial charge in [-0.05, 0) is 24.1 Å². The van der Waals surface area contributed by atoms with Crippen LogP contribution in [0.5, 0.6) is 5.88 Å². The monoisotopic (exact) mass is 481 g/mol. The Morgan fingerprint density at radius 2 is 2.15 bits per heavy atom. The average molecular weight is 482 g/mol. The van der Waals surface area contributed by atoms with E-state index in [0.29, 0.717) is 38.9 Å². The highest BCUT2D eigenvalue weighted by atomic mass is 32.1. The fraction of sp³-hybridized carbons (Fsp3) is 0.429. The SMILES string of the molecule is COc1cc(CN(C)C(=O)c2sc3ncnc(N4CCOC(C(F)(F)F)C4)c3c2C)ccn1. The van der Waals surface area contributed by atoms with Gasteiger partial charge in [0.1, 0.15) is 17.0 Å². The quantitative estimate of drug-likeness (QED) is 0.552. The van der Waals surface area contributed by atoms with Crippen molar-refractivity contribution in [1.82, 2.24) is 19.9 Å². The second-order valence-electron chi connectivity index (χ2n) is 7.65. The van der Waals surface area contributed by atoms with Crippen molar-refractivity contribution in [3.63, 3.8) is 0 Å². The molecular formula is C21H22F3N5O3S. The van der Waals surface area contributed by atoms with Crippen molar-refractivity contribution in [1.29, 1.82) is 0 Å².